The number of rotatable bonds is 10. The first-order chi connectivity index (χ1) is 17.5. The lowest BCUT2D eigenvalue weighted by Crippen LogP contribution is -2.53. The highest BCUT2D eigenvalue weighted by atomic mass is 16.5. The third-order valence-corrected chi connectivity index (χ3v) is 8.44. The predicted molar refractivity (Wildman–Crippen MR) is 139 cm³/mol. The lowest BCUT2D eigenvalue weighted by Gasteiger charge is -2.55. The molecule has 2 N–H and O–H groups in total. The highest BCUT2D eigenvalue weighted by Gasteiger charge is 2.54. The highest BCUT2D eigenvalue weighted by molar-refractivity contribution is 5.94. The van der Waals surface area contributed by atoms with Gasteiger partial charge in [-0.15, -0.1) is 0 Å². The topological polar surface area (TPSA) is 89.1 Å². The van der Waals surface area contributed by atoms with Gasteiger partial charge in [0, 0.05) is 43.6 Å². The molecule has 5 fully saturated rings. The van der Waals surface area contributed by atoms with Gasteiger partial charge < -0.3 is 29.7 Å². The van der Waals surface area contributed by atoms with Gasteiger partial charge in [-0.05, 0) is 70.1 Å². The van der Waals surface area contributed by atoms with Gasteiger partial charge in [0.1, 0.15) is 11.5 Å². The summed E-state index contributed by atoms with van der Waals surface area (Å²) in [5, 5.41) is 6.10. The molecule has 8 heteroatoms. The van der Waals surface area contributed by atoms with Crippen LogP contribution in [0.4, 0.5) is 11.4 Å². The van der Waals surface area contributed by atoms with Crippen molar-refractivity contribution >= 4 is 23.2 Å². The smallest absolute Gasteiger partial charge is 0.226 e. The molecule has 198 valence electrons. The van der Waals surface area contributed by atoms with E-state index in [-0.39, 0.29) is 23.7 Å². The molecule has 4 saturated carbocycles. The summed E-state index contributed by atoms with van der Waals surface area (Å²) in [6.07, 6.45) is 7.25. The van der Waals surface area contributed by atoms with Crippen molar-refractivity contribution in [3.8, 4) is 11.5 Å². The van der Waals surface area contributed by atoms with E-state index in [4.69, 9.17) is 14.2 Å². The Balaban J connectivity index is 1.21. The Kier molecular flexibility index (Phi) is 7.60. The van der Waals surface area contributed by atoms with Crippen LogP contribution >= 0.6 is 0 Å². The van der Waals surface area contributed by atoms with Crippen LogP contribution in [-0.4, -0.2) is 57.9 Å². The van der Waals surface area contributed by atoms with Gasteiger partial charge >= 0.3 is 0 Å². The molecule has 1 aromatic carbocycles. The molecule has 6 rings (SSSR count). The monoisotopic (exact) mass is 499 g/mol. The van der Waals surface area contributed by atoms with Gasteiger partial charge in [-0.1, -0.05) is 0 Å². The third-order valence-electron chi connectivity index (χ3n) is 8.44. The zero-order chi connectivity index (χ0) is 25.1. The normalized spacial score (nSPS) is 28.6. The van der Waals surface area contributed by atoms with Crippen LogP contribution in [0.3, 0.4) is 0 Å². The number of nitrogens with one attached hydrogen (secondary N) is 2. The standard InChI is InChI=1S/C28H41N3O5/c1-3-35-24-15-23(31-7-9-34-10-8-31)25(36-4-2)14-22(24)30-26(32)5-6-29-27(33)28-16-19-11-20(17-28)13-21(12-19)18-28/h14-15,19-21H,3-13,16-18H2,1-2H3,(H,29,33)(H,30,32). The van der Waals surface area contributed by atoms with Crippen LogP contribution in [0.25, 0.3) is 0 Å². The Morgan fingerprint density at radius 3 is 2.19 bits per heavy atom. The van der Waals surface area contributed by atoms with Crippen molar-refractivity contribution in [2.45, 2.75) is 58.8 Å². The minimum absolute atomic E-state index is 0.150. The van der Waals surface area contributed by atoms with Gasteiger partial charge in [-0.2, -0.15) is 0 Å². The van der Waals surface area contributed by atoms with E-state index in [2.05, 4.69) is 15.5 Å². The number of anilines is 2. The molecule has 1 saturated heterocycles. The molecule has 8 nitrogen and oxygen atoms in total. The van der Waals surface area contributed by atoms with Gasteiger partial charge in [0.25, 0.3) is 0 Å². The van der Waals surface area contributed by atoms with Crippen LogP contribution in [0.5, 0.6) is 11.5 Å². The molecule has 1 heterocycles. The van der Waals surface area contributed by atoms with Crippen molar-refractivity contribution in [1.29, 1.82) is 0 Å². The Bertz CT molecular complexity index is 923. The van der Waals surface area contributed by atoms with Crippen LogP contribution in [0.2, 0.25) is 0 Å². The Hall–Kier alpha value is -2.48. The number of carbonyl (C=O) groups is 2. The first-order valence-electron chi connectivity index (χ1n) is 13.8. The third kappa shape index (κ3) is 5.29. The summed E-state index contributed by atoms with van der Waals surface area (Å²) in [4.78, 5) is 28.3. The average Bonchev–Trinajstić information content (AvgIpc) is 2.85. The second-order valence-corrected chi connectivity index (χ2v) is 11.0. The SMILES string of the molecule is CCOc1cc(N2CCOCC2)c(OCC)cc1NC(=O)CCNC(=O)C12CC3CC(CC(C3)C1)C2. The Morgan fingerprint density at radius 1 is 0.972 bits per heavy atom. The number of hydrogen-bond donors (Lipinski definition) is 2. The summed E-state index contributed by atoms with van der Waals surface area (Å²) in [6, 6.07) is 3.80. The van der Waals surface area contributed by atoms with Crippen molar-refractivity contribution in [3.63, 3.8) is 0 Å². The van der Waals surface area contributed by atoms with Crippen LogP contribution in [-0.2, 0) is 14.3 Å². The van der Waals surface area contributed by atoms with E-state index in [1.165, 1.54) is 19.3 Å². The molecule has 0 atom stereocenters. The summed E-state index contributed by atoms with van der Waals surface area (Å²) in [5.41, 5.74) is 1.36. The molecule has 0 radical (unpaired) electrons. The molecule has 1 aliphatic heterocycles. The van der Waals surface area contributed by atoms with Crippen LogP contribution < -0.4 is 25.0 Å². The zero-order valence-corrected chi connectivity index (χ0v) is 21.8. The van der Waals surface area contributed by atoms with Crippen molar-refractivity contribution in [2.24, 2.45) is 23.2 Å². The van der Waals surface area contributed by atoms with E-state index < -0.39 is 0 Å². The summed E-state index contributed by atoms with van der Waals surface area (Å²) in [5.74, 6) is 3.52. The summed E-state index contributed by atoms with van der Waals surface area (Å²) in [7, 11) is 0. The second kappa shape index (κ2) is 10.9. The quantitative estimate of drug-likeness (QED) is 0.506. The fraction of sp³-hybridized carbons (Fsp3) is 0.714. The van der Waals surface area contributed by atoms with E-state index in [0.29, 0.717) is 50.2 Å². The lowest BCUT2D eigenvalue weighted by atomic mass is 9.49. The number of benzene rings is 1. The number of hydrogen-bond acceptors (Lipinski definition) is 6. The Labute approximate surface area is 214 Å². The van der Waals surface area contributed by atoms with E-state index >= 15 is 0 Å². The lowest BCUT2D eigenvalue weighted by molar-refractivity contribution is -0.146. The maximum atomic E-state index is 13.2. The molecular formula is C28H41N3O5. The highest BCUT2D eigenvalue weighted by Crippen LogP contribution is 2.60. The molecule has 0 aromatic heterocycles. The van der Waals surface area contributed by atoms with Gasteiger partial charge in [0.15, 0.2) is 0 Å². The van der Waals surface area contributed by atoms with Gasteiger partial charge in [-0.25, -0.2) is 0 Å². The number of morpholine rings is 1. The largest absolute Gasteiger partial charge is 0.492 e. The van der Waals surface area contributed by atoms with Crippen LogP contribution in [0, 0.1) is 23.2 Å². The van der Waals surface area contributed by atoms with Crippen LogP contribution in [0.15, 0.2) is 12.1 Å². The molecule has 5 aliphatic rings. The molecule has 1 aromatic rings. The number of amides is 2. The Morgan fingerprint density at radius 2 is 1.58 bits per heavy atom. The fourth-order valence-electron chi connectivity index (χ4n) is 7.32. The molecule has 2 amide bonds. The minimum atomic E-state index is -0.185. The maximum Gasteiger partial charge on any atom is 0.226 e. The van der Waals surface area contributed by atoms with E-state index in [1.54, 1.807) is 0 Å². The zero-order valence-electron chi connectivity index (χ0n) is 21.8. The molecule has 4 aliphatic carbocycles. The van der Waals surface area contributed by atoms with Crippen LogP contribution in [0.1, 0.15) is 58.8 Å². The summed E-state index contributed by atoms with van der Waals surface area (Å²) in [6.45, 7) is 8.13. The summed E-state index contributed by atoms with van der Waals surface area (Å²) < 4.78 is 17.3. The number of nitrogens with zero attached hydrogens (tertiary/aromatic N) is 1. The van der Waals surface area contributed by atoms with Crippen molar-refractivity contribution in [2.75, 3.05) is 56.3 Å². The first kappa shape index (κ1) is 25.2. The van der Waals surface area contributed by atoms with Crippen molar-refractivity contribution in [3.05, 3.63) is 12.1 Å². The van der Waals surface area contributed by atoms with E-state index in [1.807, 2.05) is 26.0 Å². The fourth-order valence-corrected chi connectivity index (χ4v) is 7.32. The average molecular weight is 500 g/mol. The summed E-state index contributed by atoms with van der Waals surface area (Å²) >= 11 is 0. The minimum Gasteiger partial charge on any atom is -0.492 e. The predicted octanol–water partition coefficient (Wildman–Crippen LogP) is 3.98. The van der Waals surface area contributed by atoms with E-state index in [9.17, 15) is 9.59 Å². The molecule has 0 unspecified atom stereocenters. The molecule has 4 bridgehead atoms. The van der Waals surface area contributed by atoms with E-state index in [0.717, 1.165) is 55.8 Å². The maximum absolute atomic E-state index is 13.2. The van der Waals surface area contributed by atoms with Gasteiger partial charge in [0.2, 0.25) is 11.8 Å². The van der Waals surface area contributed by atoms with Crippen molar-refractivity contribution < 1.29 is 23.8 Å². The molecule has 36 heavy (non-hydrogen) atoms. The number of carbonyl (C=O) groups excluding carboxylic acids is 2. The second-order valence-electron chi connectivity index (χ2n) is 11.0. The van der Waals surface area contributed by atoms with Crippen molar-refractivity contribution in [1.82, 2.24) is 5.32 Å². The van der Waals surface area contributed by atoms with Gasteiger partial charge in [-0.3, -0.25) is 9.59 Å². The molecule has 0 spiro atoms. The first-order valence-corrected chi connectivity index (χ1v) is 13.8. The van der Waals surface area contributed by atoms with Gasteiger partial charge in [0.05, 0.1) is 37.8 Å². The molecular weight excluding hydrogens is 458 g/mol. The number of ether oxygens (including phenoxy) is 3.